The standard InChI is InChI=1S/C13H20BFN5OS/c1-14-21-20-8-4-5-9(20)12(15)10(6-8)19(2)11-7-16-13(22-3)18-17-11/h7-10,12H,4-6H2,1-3H3/t8?,9?,10-,12+/m0/s1. The zero-order chi connectivity index (χ0) is 15.7. The van der Waals surface area contributed by atoms with Gasteiger partial charge in [-0.15, -0.1) is 10.2 Å². The van der Waals surface area contributed by atoms with Crippen molar-refractivity contribution in [1.82, 2.24) is 20.2 Å². The van der Waals surface area contributed by atoms with E-state index >= 15 is 0 Å². The number of alkyl halides is 1. The summed E-state index contributed by atoms with van der Waals surface area (Å²) < 4.78 is 20.5. The Morgan fingerprint density at radius 2 is 2.27 bits per heavy atom. The number of piperidine rings is 1. The molecule has 9 heteroatoms. The number of hydrogen-bond donors (Lipinski definition) is 0. The van der Waals surface area contributed by atoms with E-state index in [9.17, 15) is 4.39 Å². The normalized spacial score (nSPS) is 31.3. The third-order valence-corrected chi connectivity index (χ3v) is 5.08. The average Bonchev–Trinajstić information content (AvgIpc) is 2.85. The SMILES string of the molecule is C[B]ON1C2CCC1[C@@H](F)[C@@H](N(C)c1cnc(SC)nn1)C2. The molecular weight excluding hydrogens is 304 g/mol. The highest BCUT2D eigenvalue weighted by Gasteiger charge is 2.49. The number of thioether (sulfide) groups is 1. The summed E-state index contributed by atoms with van der Waals surface area (Å²) in [6, 6.07) is -0.147. The van der Waals surface area contributed by atoms with E-state index in [1.54, 1.807) is 13.7 Å². The number of aromatic nitrogens is 3. The number of rotatable bonds is 5. The third-order valence-electron chi connectivity index (χ3n) is 4.53. The highest BCUT2D eigenvalue weighted by Crippen LogP contribution is 2.39. The van der Waals surface area contributed by atoms with Crippen molar-refractivity contribution in [3.8, 4) is 0 Å². The lowest BCUT2D eigenvalue weighted by Gasteiger charge is -2.43. The van der Waals surface area contributed by atoms with E-state index in [0.717, 1.165) is 12.8 Å². The van der Waals surface area contributed by atoms with Crippen molar-refractivity contribution in [1.29, 1.82) is 0 Å². The second-order valence-corrected chi connectivity index (χ2v) is 6.43. The minimum absolute atomic E-state index is 0.186. The third kappa shape index (κ3) is 2.81. The first kappa shape index (κ1) is 16.0. The van der Waals surface area contributed by atoms with Gasteiger partial charge in [-0.25, -0.2) is 9.37 Å². The summed E-state index contributed by atoms with van der Waals surface area (Å²) in [5.74, 6) is 0.612. The van der Waals surface area contributed by atoms with E-state index in [2.05, 4.69) is 15.2 Å². The fraction of sp³-hybridized carbons (Fsp3) is 0.769. The lowest BCUT2D eigenvalue weighted by molar-refractivity contribution is -0.144. The van der Waals surface area contributed by atoms with Crippen molar-refractivity contribution in [3.05, 3.63) is 6.20 Å². The number of nitrogens with zero attached hydrogens (tertiary/aromatic N) is 5. The predicted octanol–water partition coefficient (Wildman–Crippen LogP) is 1.57. The maximum Gasteiger partial charge on any atom is 0.321 e. The monoisotopic (exact) mass is 324 g/mol. The van der Waals surface area contributed by atoms with E-state index in [-0.39, 0.29) is 18.1 Å². The van der Waals surface area contributed by atoms with Crippen molar-refractivity contribution in [2.24, 2.45) is 0 Å². The zero-order valence-electron chi connectivity index (χ0n) is 13.0. The van der Waals surface area contributed by atoms with E-state index < -0.39 is 6.17 Å². The molecule has 2 fully saturated rings. The van der Waals surface area contributed by atoms with E-state index in [1.165, 1.54) is 11.8 Å². The maximum atomic E-state index is 14.9. The van der Waals surface area contributed by atoms with Crippen LogP contribution in [0.5, 0.6) is 0 Å². The van der Waals surface area contributed by atoms with Crippen molar-refractivity contribution in [3.63, 3.8) is 0 Å². The molecule has 2 aliphatic heterocycles. The molecule has 0 N–H and O–H groups in total. The number of hydroxylamine groups is 2. The quantitative estimate of drug-likeness (QED) is 0.602. The van der Waals surface area contributed by atoms with Gasteiger partial charge in [0.25, 0.3) is 0 Å². The summed E-state index contributed by atoms with van der Waals surface area (Å²) in [5, 5.41) is 10.6. The molecule has 2 saturated heterocycles. The zero-order valence-corrected chi connectivity index (χ0v) is 13.8. The summed E-state index contributed by atoms with van der Waals surface area (Å²) in [4.78, 5) is 6.09. The maximum absolute atomic E-state index is 14.9. The molecule has 1 aromatic heterocycles. The molecule has 0 aliphatic carbocycles. The van der Waals surface area contributed by atoms with E-state index in [0.29, 0.717) is 17.4 Å². The molecule has 3 rings (SSSR count). The highest BCUT2D eigenvalue weighted by atomic mass is 32.2. The molecule has 22 heavy (non-hydrogen) atoms. The Bertz CT molecular complexity index is 510. The lowest BCUT2D eigenvalue weighted by Crippen LogP contribution is -2.57. The van der Waals surface area contributed by atoms with Gasteiger partial charge in [0.2, 0.25) is 5.16 Å². The van der Waals surface area contributed by atoms with Crippen LogP contribution in [0.25, 0.3) is 0 Å². The van der Waals surface area contributed by atoms with Crippen molar-refractivity contribution < 1.29 is 9.15 Å². The van der Waals surface area contributed by atoms with Gasteiger partial charge in [0.1, 0.15) is 6.17 Å². The molecule has 0 spiro atoms. The van der Waals surface area contributed by atoms with Crippen molar-refractivity contribution >= 4 is 25.1 Å². The number of hydrogen-bond acceptors (Lipinski definition) is 7. The second-order valence-electron chi connectivity index (χ2n) is 5.66. The van der Waals surface area contributed by atoms with Crippen LogP contribution in [0.1, 0.15) is 19.3 Å². The minimum Gasteiger partial charge on any atom is -0.366 e. The van der Waals surface area contributed by atoms with Crippen LogP contribution in [0.4, 0.5) is 10.2 Å². The molecule has 0 amide bonds. The topological polar surface area (TPSA) is 54.4 Å². The molecule has 0 saturated carbocycles. The Labute approximate surface area is 135 Å². The summed E-state index contributed by atoms with van der Waals surface area (Å²) >= 11 is 1.44. The van der Waals surface area contributed by atoms with Gasteiger partial charge >= 0.3 is 7.48 Å². The Hall–Kier alpha value is -0.925. The molecular formula is C13H20BFN5OS. The Kier molecular flexibility index (Phi) is 4.84. The Morgan fingerprint density at radius 3 is 2.91 bits per heavy atom. The van der Waals surface area contributed by atoms with Crippen molar-refractivity contribution in [2.75, 3.05) is 18.2 Å². The van der Waals surface area contributed by atoms with Gasteiger partial charge in [-0.3, -0.25) is 0 Å². The fourth-order valence-electron chi connectivity index (χ4n) is 3.42. The largest absolute Gasteiger partial charge is 0.366 e. The van der Waals surface area contributed by atoms with Gasteiger partial charge in [-0.2, -0.15) is 5.06 Å². The van der Waals surface area contributed by atoms with Crippen LogP contribution < -0.4 is 4.90 Å². The molecule has 2 aliphatic rings. The van der Waals surface area contributed by atoms with Crippen LogP contribution in [0, 0.1) is 0 Å². The molecule has 4 atom stereocenters. The van der Waals surface area contributed by atoms with Gasteiger partial charge in [0, 0.05) is 13.1 Å². The first-order valence-electron chi connectivity index (χ1n) is 7.49. The van der Waals surface area contributed by atoms with Gasteiger partial charge in [-0.1, -0.05) is 18.6 Å². The van der Waals surface area contributed by atoms with Gasteiger partial charge in [0.05, 0.1) is 18.3 Å². The number of fused-ring (bicyclic) bond motifs is 2. The van der Waals surface area contributed by atoms with Crippen molar-refractivity contribution in [2.45, 2.75) is 55.5 Å². The van der Waals surface area contributed by atoms with Crippen LogP contribution in [0.3, 0.4) is 0 Å². The van der Waals surface area contributed by atoms with Gasteiger partial charge in [-0.05, 0) is 25.5 Å². The highest BCUT2D eigenvalue weighted by molar-refractivity contribution is 7.98. The lowest BCUT2D eigenvalue weighted by atomic mass is 9.95. The van der Waals surface area contributed by atoms with Crippen LogP contribution in [0.2, 0.25) is 6.82 Å². The first-order chi connectivity index (χ1) is 10.7. The summed E-state index contributed by atoms with van der Waals surface area (Å²) in [6.45, 7) is 1.82. The first-order valence-corrected chi connectivity index (χ1v) is 8.71. The van der Waals surface area contributed by atoms with Crippen LogP contribution in [0.15, 0.2) is 11.4 Å². The molecule has 2 bridgehead atoms. The van der Waals surface area contributed by atoms with E-state index in [4.69, 9.17) is 4.76 Å². The number of anilines is 1. The molecule has 2 unspecified atom stereocenters. The van der Waals surface area contributed by atoms with E-state index in [1.807, 2.05) is 30.1 Å². The predicted molar refractivity (Wildman–Crippen MR) is 84.7 cm³/mol. The average molecular weight is 324 g/mol. The molecule has 1 radical (unpaired) electrons. The summed E-state index contributed by atoms with van der Waals surface area (Å²) in [7, 11) is 3.49. The smallest absolute Gasteiger partial charge is 0.321 e. The van der Waals surface area contributed by atoms with Crippen LogP contribution >= 0.6 is 11.8 Å². The Morgan fingerprint density at radius 1 is 1.45 bits per heavy atom. The molecule has 0 aromatic carbocycles. The van der Waals surface area contributed by atoms with Crippen LogP contribution in [-0.2, 0) is 4.76 Å². The molecule has 6 nitrogen and oxygen atoms in total. The second kappa shape index (κ2) is 6.68. The Balaban J connectivity index is 1.74. The minimum atomic E-state index is -0.981. The molecule has 1 aromatic rings. The number of halogens is 1. The molecule has 119 valence electrons. The summed E-state index contributed by atoms with van der Waals surface area (Å²) in [5.41, 5.74) is 0. The molecule has 3 heterocycles. The van der Waals surface area contributed by atoms with Gasteiger partial charge < -0.3 is 9.65 Å². The fourth-order valence-corrected chi connectivity index (χ4v) is 3.70. The van der Waals surface area contributed by atoms with Crippen LogP contribution in [-0.4, -0.2) is 65.3 Å². The summed E-state index contributed by atoms with van der Waals surface area (Å²) in [6.07, 6.45) is 5.10. The van der Waals surface area contributed by atoms with Gasteiger partial charge in [0.15, 0.2) is 5.82 Å².